The average molecular weight is 271 g/mol. The van der Waals surface area contributed by atoms with Gasteiger partial charge in [0.05, 0.1) is 0 Å². The highest BCUT2D eigenvalue weighted by Gasteiger charge is 2.09. The SMILES string of the molecule is CN(C(=O)CCCCCCN)c1ccccc1.Cl. The molecule has 0 fully saturated rings. The Balaban J connectivity index is 0.00000289. The molecule has 0 unspecified atom stereocenters. The van der Waals surface area contributed by atoms with Gasteiger partial charge in [0.2, 0.25) is 5.91 Å². The summed E-state index contributed by atoms with van der Waals surface area (Å²) < 4.78 is 0. The van der Waals surface area contributed by atoms with Crippen LogP contribution in [0.5, 0.6) is 0 Å². The molecule has 102 valence electrons. The third kappa shape index (κ3) is 6.03. The molecular formula is C14H23ClN2O. The molecule has 0 atom stereocenters. The second-order valence-corrected chi connectivity index (χ2v) is 4.24. The molecule has 0 heterocycles. The number of benzene rings is 1. The van der Waals surface area contributed by atoms with Crippen LogP contribution in [0.2, 0.25) is 0 Å². The van der Waals surface area contributed by atoms with E-state index in [2.05, 4.69) is 0 Å². The number of carbonyl (C=O) groups excluding carboxylic acids is 1. The van der Waals surface area contributed by atoms with Gasteiger partial charge in [0.1, 0.15) is 0 Å². The molecule has 0 aliphatic heterocycles. The highest BCUT2D eigenvalue weighted by Crippen LogP contribution is 2.13. The summed E-state index contributed by atoms with van der Waals surface area (Å²) in [5.41, 5.74) is 6.38. The third-order valence-corrected chi connectivity index (χ3v) is 2.86. The minimum atomic E-state index is 0. The Kier molecular flexibility index (Phi) is 9.33. The van der Waals surface area contributed by atoms with Crippen molar-refractivity contribution in [1.29, 1.82) is 0 Å². The lowest BCUT2D eigenvalue weighted by atomic mass is 10.1. The Morgan fingerprint density at radius 3 is 2.33 bits per heavy atom. The lowest BCUT2D eigenvalue weighted by molar-refractivity contribution is -0.118. The monoisotopic (exact) mass is 270 g/mol. The maximum atomic E-state index is 11.9. The molecule has 0 aliphatic rings. The molecular weight excluding hydrogens is 248 g/mol. The number of rotatable bonds is 7. The predicted octanol–water partition coefficient (Wildman–Crippen LogP) is 2.98. The topological polar surface area (TPSA) is 46.3 Å². The van der Waals surface area contributed by atoms with Crippen LogP contribution in [0.3, 0.4) is 0 Å². The van der Waals surface area contributed by atoms with Gasteiger partial charge in [-0.25, -0.2) is 0 Å². The highest BCUT2D eigenvalue weighted by molar-refractivity contribution is 5.92. The molecule has 3 nitrogen and oxygen atoms in total. The third-order valence-electron chi connectivity index (χ3n) is 2.86. The number of carbonyl (C=O) groups is 1. The lowest BCUT2D eigenvalue weighted by Gasteiger charge is -2.17. The number of nitrogens with two attached hydrogens (primary N) is 1. The quantitative estimate of drug-likeness (QED) is 0.775. The zero-order valence-electron chi connectivity index (χ0n) is 11.0. The minimum Gasteiger partial charge on any atom is -0.330 e. The number of hydrogen-bond acceptors (Lipinski definition) is 2. The van der Waals surface area contributed by atoms with Crippen LogP contribution in [-0.2, 0) is 4.79 Å². The van der Waals surface area contributed by atoms with E-state index in [-0.39, 0.29) is 18.3 Å². The summed E-state index contributed by atoms with van der Waals surface area (Å²) in [6.45, 7) is 0.748. The van der Waals surface area contributed by atoms with Gasteiger partial charge in [-0.1, -0.05) is 31.0 Å². The van der Waals surface area contributed by atoms with Crippen molar-refractivity contribution in [3.05, 3.63) is 30.3 Å². The van der Waals surface area contributed by atoms with E-state index in [1.54, 1.807) is 4.90 Å². The molecule has 0 saturated carbocycles. The summed E-state index contributed by atoms with van der Waals surface area (Å²) in [6.07, 6.45) is 4.85. The molecule has 0 saturated heterocycles. The van der Waals surface area contributed by atoms with Crippen LogP contribution in [0.1, 0.15) is 32.1 Å². The Morgan fingerprint density at radius 1 is 1.11 bits per heavy atom. The van der Waals surface area contributed by atoms with Crippen molar-refractivity contribution >= 4 is 24.0 Å². The first-order valence-electron chi connectivity index (χ1n) is 6.27. The fraction of sp³-hybridized carbons (Fsp3) is 0.500. The van der Waals surface area contributed by atoms with E-state index in [1.165, 1.54) is 0 Å². The van der Waals surface area contributed by atoms with Crippen LogP contribution in [0.15, 0.2) is 30.3 Å². The first-order chi connectivity index (χ1) is 8.25. The molecule has 0 spiro atoms. The van der Waals surface area contributed by atoms with Gasteiger partial charge in [-0.15, -0.1) is 12.4 Å². The van der Waals surface area contributed by atoms with Gasteiger partial charge in [0, 0.05) is 19.2 Å². The van der Waals surface area contributed by atoms with Crippen molar-refractivity contribution in [2.75, 3.05) is 18.5 Å². The van der Waals surface area contributed by atoms with E-state index in [0.29, 0.717) is 6.42 Å². The van der Waals surface area contributed by atoms with Crippen LogP contribution < -0.4 is 10.6 Å². The fourth-order valence-electron chi connectivity index (χ4n) is 1.74. The molecule has 2 N–H and O–H groups in total. The van der Waals surface area contributed by atoms with E-state index < -0.39 is 0 Å². The first-order valence-corrected chi connectivity index (χ1v) is 6.27. The molecule has 0 aliphatic carbocycles. The number of anilines is 1. The number of para-hydroxylation sites is 1. The van der Waals surface area contributed by atoms with E-state index in [0.717, 1.165) is 37.9 Å². The van der Waals surface area contributed by atoms with E-state index in [4.69, 9.17) is 5.73 Å². The molecule has 18 heavy (non-hydrogen) atoms. The molecule has 0 radical (unpaired) electrons. The number of amides is 1. The maximum Gasteiger partial charge on any atom is 0.226 e. The highest BCUT2D eigenvalue weighted by atomic mass is 35.5. The second kappa shape index (κ2) is 9.92. The van der Waals surface area contributed by atoms with E-state index in [1.807, 2.05) is 37.4 Å². The Bertz CT molecular complexity index is 330. The number of halogens is 1. The standard InChI is InChI=1S/C14H22N2O.ClH/c1-16(13-9-5-4-6-10-13)14(17)11-7-2-3-8-12-15;/h4-6,9-10H,2-3,7-8,11-12,15H2,1H3;1H. The number of nitrogens with zero attached hydrogens (tertiary/aromatic N) is 1. The normalized spacial score (nSPS) is 9.67. The Labute approximate surface area is 116 Å². The van der Waals surface area contributed by atoms with E-state index in [9.17, 15) is 4.79 Å². The van der Waals surface area contributed by atoms with Gasteiger partial charge in [-0.05, 0) is 31.5 Å². The van der Waals surface area contributed by atoms with Gasteiger partial charge in [-0.2, -0.15) is 0 Å². The van der Waals surface area contributed by atoms with Crippen LogP contribution in [-0.4, -0.2) is 19.5 Å². The molecule has 0 bridgehead atoms. The van der Waals surface area contributed by atoms with Gasteiger partial charge >= 0.3 is 0 Å². The minimum absolute atomic E-state index is 0. The molecule has 1 rings (SSSR count). The molecule has 4 heteroatoms. The summed E-state index contributed by atoms with van der Waals surface area (Å²) in [6, 6.07) is 9.74. The fourth-order valence-corrected chi connectivity index (χ4v) is 1.74. The van der Waals surface area contributed by atoms with Gasteiger partial charge < -0.3 is 10.6 Å². The largest absolute Gasteiger partial charge is 0.330 e. The number of unbranched alkanes of at least 4 members (excludes halogenated alkanes) is 3. The smallest absolute Gasteiger partial charge is 0.226 e. The second-order valence-electron chi connectivity index (χ2n) is 4.24. The van der Waals surface area contributed by atoms with Gasteiger partial charge in [0.15, 0.2) is 0 Å². The van der Waals surface area contributed by atoms with Crippen molar-refractivity contribution in [1.82, 2.24) is 0 Å². The van der Waals surface area contributed by atoms with Crippen LogP contribution >= 0.6 is 12.4 Å². The lowest BCUT2D eigenvalue weighted by Crippen LogP contribution is -2.25. The zero-order chi connectivity index (χ0) is 12.5. The van der Waals surface area contributed by atoms with Crippen molar-refractivity contribution in [3.8, 4) is 0 Å². The van der Waals surface area contributed by atoms with E-state index >= 15 is 0 Å². The average Bonchev–Trinajstić information content (AvgIpc) is 2.38. The predicted molar refractivity (Wildman–Crippen MR) is 79.2 cm³/mol. The summed E-state index contributed by atoms with van der Waals surface area (Å²) in [5.74, 6) is 0.184. The summed E-state index contributed by atoms with van der Waals surface area (Å²) >= 11 is 0. The van der Waals surface area contributed by atoms with Crippen LogP contribution in [0, 0.1) is 0 Å². The van der Waals surface area contributed by atoms with Crippen LogP contribution in [0.25, 0.3) is 0 Å². The Hall–Kier alpha value is -1.06. The summed E-state index contributed by atoms with van der Waals surface area (Å²) in [4.78, 5) is 13.6. The molecule has 0 aromatic heterocycles. The Morgan fingerprint density at radius 2 is 1.72 bits per heavy atom. The summed E-state index contributed by atoms with van der Waals surface area (Å²) in [5, 5.41) is 0. The van der Waals surface area contributed by atoms with Crippen molar-refractivity contribution < 1.29 is 4.79 Å². The summed E-state index contributed by atoms with van der Waals surface area (Å²) in [7, 11) is 1.83. The number of hydrogen-bond donors (Lipinski definition) is 1. The maximum absolute atomic E-state index is 11.9. The zero-order valence-corrected chi connectivity index (χ0v) is 11.8. The van der Waals surface area contributed by atoms with Crippen LogP contribution in [0.4, 0.5) is 5.69 Å². The van der Waals surface area contributed by atoms with Crippen molar-refractivity contribution in [2.45, 2.75) is 32.1 Å². The first kappa shape index (κ1) is 16.9. The molecule has 1 amide bonds. The van der Waals surface area contributed by atoms with Gasteiger partial charge in [0.25, 0.3) is 0 Å². The molecule has 1 aromatic rings. The molecule has 1 aromatic carbocycles. The van der Waals surface area contributed by atoms with Gasteiger partial charge in [-0.3, -0.25) is 4.79 Å². The van der Waals surface area contributed by atoms with Crippen molar-refractivity contribution in [3.63, 3.8) is 0 Å². The van der Waals surface area contributed by atoms with Crippen molar-refractivity contribution in [2.24, 2.45) is 5.73 Å².